The molecule has 34 heavy (non-hydrogen) atoms. The maximum absolute atomic E-state index is 12.8. The lowest BCUT2D eigenvalue weighted by molar-refractivity contribution is -0.130. The number of likely N-dealkylation sites (tertiary alicyclic amines) is 1. The standard InChI is InChI=1S/C25H27N7OS/c1-5-32-21(16(2)14-27-32)30-24-26-11-9-19(29-24)20-15-34-22(28-20)17-7-6-8-18(13-17)25(3)10-12-31(4)23(25)33/h6-9,11,13-15H,5,10,12H2,1-4H3,(H,26,29,30)/t25-/m0/s1. The molecule has 0 unspecified atom stereocenters. The van der Waals surface area contributed by atoms with Crippen molar-refractivity contribution >= 4 is 29.0 Å². The average Bonchev–Trinajstić information content (AvgIpc) is 3.55. The van der Waals surface area contributed by atoms with E-state index in [-0.39, 0.29) is 5.91 Å². The lowest BCUT2D eigenvalue weighted by Gasteiger charge is -2.23. The van der Waals surface area contributed by atoms with Gasteiger partial charge in [-0.3, -0.25) is 4.79 Å². The topological polar surface area (TPSA) is 88.8 Å². The fourth-order valence-electron chi connectivity index (χ4n) is 4.36. The van der Waals surface area contributed by atoms with Gasteiger partial charge >= 0.3 is 0 Å². The number of carbonyl (C=O) groups excluding carboxylic acids is 1. The molecule has 1 aromatic carbocycles. The highest BCUT2D eigenvalue weighted by Gasteiger charge is 2.42. The number of amides is 1. The van der Waals surface area contributed by atoms with Crippen LogP contribution in [0.15, 0.2) is 48.1 Å². The fourth-order valence-corrected chi connectivity index (χ4v) is 5.17. The molecule has 1 fully saturated rings. The SMILES string of the molecule is CCn1ncc(C)c1Nc1nccc(-c2csc(-c3cccc([C@]4(C)CCN(C)C4=O)c3)n2)n1. The van der Waals surface area contributed by atoms with Crippen LogP contribution < -0.4 is 5.32 Å². The van der Waals surface area contributed by atoms with E-state index in [1.807, 2.05) is 73.2 Å². The first kappa shape index (κ1) is 22.2. The first-order chi connectivity index (χ1) is 16.4. The molecule has 0 radical (unpaired) electrons. The molecule has 1 atom stereocenters. The smallest absolute Gasteiger partial charge is 0.232 e. The van der Waals surface area contributed by atoms with E-state index < -0.39 is 5.41 Å². The summed E-state index contributed by atoms with van der Waals surface area (Å²) in [5.41, 5.74) is 4.13. The summed E-state index contributed by atoms with van der Waals surface area (Å²) in [5.74, 6) is 1.56. The number of carbonyl (C=O) groups is 1. The van der Waals surface area contributed by atoms with Crippen molar-refractivity contribution in [3.8, 4) is 22.0 Å². The van der Waals surface area contributed by atoms with Crippen LogP contribution in [0.3, 0.4) is 0 Å². The van der Waals surface area contributed by atoms with E-state index in [2.05, 4.69) is 26.4 Å². The van der Waals surface area contributed by atoms with Gasteiger partial charge in [0.05, 0.1) is 17.3 Å². The Labute approximate surface area is 202 Å². The lowest BCUT2D eigenvalue weighted by atomic mass is 9.80. The molecule has 5 rings (SSSR count). The summed E-state index contributed by atoms with van der Waals surface area (Å²) in [6.45, 7) is 7.62. The summed E-state index contributed by atoms with van der Waals surface area (Å²) in [6.07, 6.45) is 4.38. The van der Waals surface area contributed by atoms with Gasteiger partial charge in [-0.05, 0) is 44.9 Å². The van der Waals surface area contributed by atoms with Gasteiger partial charge in [0.1, 0.15) is 16.5 Å². The summed E-state index contributed by atoms with van der Waals surface area (Å²) in [7, 11) is 1.87. The number of rotatable bonds is 6. The van der Waals surface area contributed by atoms with E-state index in [1.54, 1.807) is 17.5 Å². The summed E-state index contributed by atoms with van der Waals surface area (Å²) in [4.78, 5) is 28.5. The molecule has 0 aliphatic carbocycles. The molecule has 4 heterocycles. The van der Waals surface area contributed by atoms with Crippen molar-refractivity contribution in [2.24, 2.45) is 0 Å². The molecule has 3 aromatic heterocycles. The second kappa shape index (κ2) is 8.64. The minimum Gasteiger partial charge on any atom is -0.345 e. The van der Waals surface area contributed by atoms with Crippen LogP contribution in [0.4, 0.5) is 11.8 Å². The van der Waals surface area contributed by atoms with Crippen molar-refractivity contribution in [1.82, 2.24) is 29.6 Å². The van der Waals surface area contributed by atoms with Gasteiger partial charge in [0.25, 0.3) is 0 Å². The number of nitrogens with one attached hydrogen (secondary N) is 1. The normalized spacial score (nSPS) is 18.0. The minimum atomic E-state index is -0.485. The Morgan fingerprint density at radius 3 is 2.82 bits per heavy atom. The average molecular weight is 474 g/mol. The molecule has 1 N–H and O–H groups in total. The predicted octanol–water partition coefficient (Wildman–Crippen LogP) is 4.66. The zero-order valence-electron chi connectivity index (χ0n) is 19.7. The van der Waals surface area contributed by atoms with E-state index in [0.717, 1.165) is 58.4 Å². The predicted molar refractivity (Wildman–Crippen MR) is 134 cm³/mol. The van der Waals surface area contributed by atoms with Crippen LogP contribution in [0.25, 0.3) is 22.0 Å². The number of likely N-dealkylation sites (N-methyl/N-ethyl adjacent to an activating group) is 1. The molecule has 1 saturated heterocycles. The van der Waals surface area contributed by atoms with Gasteiger partial charge < -0.3 is 10.2 Å². The minimum absolute atomic E-state index is 0.171. The van der Waals surface area contributed by atoms with Crippen LogP contribution in [0.2, 0.25) is 0 Å². The molecular weight excluding hydrogens is 446 g/mol. The van der Waals surface area contributed by atoms with Crippen molar-refractivity contribution in [1.29, 1.82) is 0 Å². The van der Waals surface area contributed by atoms with Gasteiger partial charge in [0.15, 0.2) is 0 Å². The molecular formula is C25H27N7OS. The van der Waals surface area contributed by atoms with Crippen LogP contribution in [0.5, 0.6) is 0 Å². The number of anilines is 2. The Kier molecular flexibility index (Phi) is 5.65. The Balaban J connectivity index is 1.41. The van der Waals surface area contributed by atoms with E-state index in [9.17, 15) is 4.79 Å². The Morgan fingerprint density at radius 1 is 1.21 bits per heavy atom. The maximum Gasteiger partial charge on any atom is 0.232 e. The van der Waals surface area contributed by atoms with Gasteiger partial charge in [-0.25, -0.2) is 19.6 Å². The largest absolute Gasteiger partial charge is 0.345 e. The Hall–Kier alpha value is -3.59. The number of nitrogens with zero attached hydrogens (tertiary/aromatic N) is 6. The second-order valence-corrected chi connectivity index (χ2v) is 9.67. The number of aromatic nitrogens is 5. The molecule has 174 valence electrons. The fraction of sp³-hybridized carbons (Fsp3) is 0.320. The highest BCUT2D eigenvalue weighted by molar-refractivity contribution is 7.13. The Morgan fingerprint density at radius 2 is 2.06 bits per heavy atom. The summed E-state index contributed by atoms with van der Waals surface area (Å²) in [6, 6.07) is 10.1. The maximum atomic E-state index is 12.8. The third-order valence-corrected chi connectivity index (χ3v) is 7.38. The van der Waals surface area contributed by atoms with Crippen LogP contribution in [-0.4, -0.2) is 49.1 Å². The van der Waals surface area contributed by atoms with E-state index in [0.29, 0.717) is 5.95 Å². The first-order valence-electron chi connectivity index (χ1n) is 11.3. The molecule has 9 heteroatoms. The number of hydrogen-bond acceptors (Lipinski definition) is 7. The van der Waals surface area contributed by atoms with E-state index in [1.165, 1.54) is 0 Å². The van der Waals surface area contributed by atoms with Crippen LogP contribution >= 0.6 is 11.3 Å². The molecule has 1 aliphatic rings. The molecule has 4 aromatic rings. The number of aryl methyl sites for hydroxylation is 2. The number of benzene rings is 1. The molecule has 1 amide bonds. The lowest BCUT2D eigenvalue weighted by Crippen LogP contribution is -2.33. The van der Waals surface area contributed by atoms with Gasteiger partial charge in [0.2, 0.25) is 11.9 Å². The molecule has 0 spiro atoms. The van der Waals surface area contributed by atoms with Crippen molar-refractivity contribution < 1.29 is 4.79 Å². The molecule has 0 bridgehead atoms. The highest BCUT2D eigenvalue weighted by Crippen LogP contribution is 2.37. The third kappa shape index (κ3) is 3.86. The van der Waals surface area contributed by atoms with Crippen LogP contribution in [0, 0.1) is 6.92 Å². The summed E-state index contributed by atoms with van der Waals surface area (Å²) < 4.78 is 1.88. The zero-order valence-corrected chi connectivity index (χ0v) is 20.6. The van der Waals surface area contributed by atoms with Gasteiger partial charge in [0, 0.05) is 42.8 Å². The molecule has 1 aliphatic heterocycles. The van der Waals surface area contributed by atoms with E-state index in [4.69, 9.17) is 4.98 Å². The monoisotopic (exact) mass is 473 g/mol. The third-order valence-electron chi connectivity index (χ3n) is 6.49. The first-order valence-corrected chi connectivity index (χ1v) is 12.2. The van der Waals surface area contributed by atoms with Crippen LogP contribution in [0.1, 0.15) is 31.4 Å². The van der Waals surface area contributed by atoms with Gasteiger partial charge in [-0.15, -0.1) is 11.3 Å². The number of thiazole rings is 1. The van der Waals surface area contributed by atoms with E-state index >= 15 is 0 Å². The van der Waals surface area contributed by atoms with Crippen molar-refractivity contribution in [3.63, 3.8) is 0 Å². The molecule has 8 nitrogen and oxygen atoms in total. The zero-order chi connectivity index (χ0) is 23.9. The quantitative estimate of drug-likeness (QED) is 0.438. The van der Waals surface area contributed by atoms with Crippen molar-refractivity contribution in [2.75, 3.05) is 18.9 Å². The van der Waals surface area contributed by atoms with Crippen molar-refractivity contribution in [3.05, 3.63) is 59.2 Å². The number of hydrogen-bond donors (Lipinski definition) is 1. The Bertz CT molecular complexity index is 1360. The van der Waals surface area contributed by atoms with Gasteiger partial charge in [-0.2, -0.15) is 5.10 Å². The van der Waals surface area contributed by atoms with Crippen LogP contribution in [-0.2, 0) is 16.8 Å². The second-order valence-electron chi connectivity index (χ2n) is 8.81. The summed E-state index contributed by atoms with van der Waals surface area (Å²) >= 11 is 1.57. The summed E-state index contributed by atoms with van der Waals surface area (Å²) in [5, 5.41) is 10.6. The van der Waals surface area contributed by atoms with Gasteiger partial charge in [-0.1, -0.05) is 18.2 Å². The van der Waals surface area contributed by atoms with Crippen molar-refractivity contribution in [2.45, 2.75) is 39.2 Å². The highest BCUT2D eigenvalue weighted by atomic mass is 32.1. The molecule has 0 saturated carbocycles.